The molecule has 0 saturated heterocycles. The average molecular weight is 439 g/mol. The Morgan fingerprint density at radius 1 is 1.06 bits per heavy atom. The maximum atomic E-state index is 13.5. The van der Waals surface area contributed by atoms with Gasteiger partial charge in [0.15, 0.2) is 23.2 Å². The second-order valence-electron chi connectivity index (χ2n) is 7.77. The van der Waals surface area contributed by atoms with E-state index in [1.807, 2.05) is 30.3 Å². The molecule has 0 saturated carbocycles. The first-order valence-electron chi connectivity index (χ1n) is 9.96. The van der Waals surface area contributed by atoms with Gasteiger partial charge in [-0.15, -0.1) is 5.10 Å². The molecule has 32 heavy (non-hydrogen) atoms. The standard InChI is InChI=1S/C20H16F3N9/c1-11-7-15(20(21,22)23)32-19(27-11)13(8-26-32)16-28-18-14-9-25-31(12-5-3-2-4-6-12)17(14)24-10-30(18)29-16/h2-6,8-11,15,27H,7H2,1H3. The number of aromatic nitrogens is 8. The number of hydrogen-bond acceptors (Lipinski definition) is 6. The van der Waals surface area contributed by atoms with E-state index in [2.05, 4.69) is 30.6 Å². The highest BCUT2D eigenvalue weighted by Gasteiger charge is 2.46. The van der Waals surface area contributed by atoms with Crippen molar-refractivity contribution in [2.75, 3.05) is 5.32 Å². The van der Waals surface area contributed by atoms with Gasteiger partial charge in [-0.05, 0) is 25.5 Å². The zero-order chi connectivity index (χ0) is 22.0. The van der Waals surface area contributed by atoms with Gasteiger partial charge in [-0.1, -0.05) is 18.2 Å². The summed E-state index contributed by atoms with van der Waals surface area (Å²) < 4.78 is 44.8. The molecule has 0 spiro atoms. The Morgan fingerprint density at radius 2 is 1.88 bits per heavy atom. The SMILES string of the molecule is CC1CC(C(F)(F)F)n2ncc(-c3nc4c5cnn(-c6ccccc6)c5ncn4n3)c2N1. The summed E-state index contributed by atoms with van der Waals surface area (Å²) in [7, 11) is 0. The third kappa shape index (κ3) is 2.75. The molecule has 1 aromatic carbocycles. The molecule has 5 aromatic rings. The van der Waals surface area contributed by atoms with Crippen LogP contribution in [0, 0.1) is 0 Å². The summed E-state index contributed by atoms with van der Waals surface area (Å²) in [6, 6.07) is 7.48. The fourth-order valence-electron chi connectivity index (χ4n) is 4.10. The van der Waals surface area contributed by atoms with Gasteiger partial charge in [-0.25, -0.2) is 23.8 Å². The van der Waals surface area contributed by atoms with Crippen LogP contribution in [0.1, 0.15) is 19.4 Å². The van der Waals surface area contributed by atoms with Gasteiger partial charge >= 0.3 is 6.18 Å². The molecular formula is C20H16F3N9. The summed E-state index contributed by atoms with van der Waals surface area (Å²) in [6.45, 7) is 1.71. The number of alkyl halides is 3. The van der Waals surface area contributed by atoms with Crippen molar-refractivity contribution < 1.29 is 13.2 Å². The van der Waals surface area contributed by atoms with Crippen LogP contribution in [0.15, 0.2) is 49.1 Å². The normalized spacial score (nSPS) is 18.8. The number of rotatable bonds is 2. The summed E-state index contributed by atoms with van der Waals surface area (Å²) in [5.41, 5.74) is 2.35. The average Bonchev–Trinajstić information content (AvgIpc) is 3.48. The lowest BCUT2D eigenvalue weighted by Gasteiger charge is -2.31. The van der Waals surface area contributed by atoms with Gasteiger partial charge in [0.25, 0.3) is 0 Å². The quantitative estimate of drug-likeness (QED) is 0.452. The minimum absolute atomic E-state index is 0.0978. The number of para-hydroxylation sites is 1. The molecule has 162 valence electrons. The van der Waals surface area contributed by atoms with E-state index in [0.717, 1.165) is 10.4 Å². The molecule has 1 aliphatic rings. The van der Waals surface area contributed by atoms with Crippen molar-refractivity contribution >= 4 is 22.5 Å². The minimum Gasteiger partial charge on any atom is -0.367 e. The van der Waals surface area contributed by atoms with Gasteiger partial charge in [-0.2, -0.15) is 23.4 Å². The van der Waals surface area contributed by atoms with Crippen LogP contribution in [0.25, 0.3) is 33.8 Å². The molecule has 5 heterocycles. The molecule has 2 unspecified atom stereocenters. The monoisotopic (exact) mass is 439 g/mol. The van der Waals surface area contributed by atoms with Crippen molar-refractivity contribution in [3.8, 4) is 17.1 Å². The second kappa shape index (κ2) is 6.52. The van der Waals surface area contributed by atoms with Crippen molar-refractivity contribution in [3.05, 3.63) is 49.1 Å². The zero-order valence-electron chi connectivity index (χ0n) is 16.7. The third-order valence-electron chi connectivity index (χ3n) is 5.58. The molecule has 1 aliphatic heterocycles. The molecule has 0 bridgehead atoms. The predicted octanol–water partition coefficient (Wildman–Crippen LogP) is 3.63. The van der Waals surface area contributed by atoms with E-state index in [1.165, 1.54) is 17.0 Å². The molecule has 0 radical (unpaired) electrons. The van der Waals surface area contributed by atoms with Gasteiger partial charge < -0.3 is 5.32 Å². The summed E-state index contributed by atoms with van der Waals surface area (Å²) in [6.07, 6.45) is 0.0323. The zero-order valence-corrected chi connectivity index (χ0v) is 16.7. The molecule has 9 nitrogen and oxygen atoms in total. The van der Waals surface area contributed by atoms with E-state index in [0.29, 0.717) is 22.2 Å². The van der Waals surface area contributed by atoms with Crippen LogP contribution in [-0.2, 0) is 0 Å². The Labute approximate surface area is 178 Å². The summed E-state index contributed by atoms with van der Waals surface area (Å²) in [5.74, 6) is 0.515. The highest BCUT2D eigenvalue weighted by Crippen LogP contribution is 2.42. The van der Waals surface area contributed by atoms with E-state index >= 15 is 0 Å². The molecule has 2 atom stereocenters. The summed E-state index contributed by atoms with van der Waals surface area (Å²) in [4.78, 5) is 9.05. The lowest BCUT2D eigenvalue weighted by atomic mass is 10.1. The summed E-state index contributed by atoms with van der Waals surface area (Å²) >= 11 is 0. The highest BCUT2D eigenvalue weighted by molar-refractivity contribution is 5.90. The van der Waals surface area contributed by atoms with E-state index in [-0.39, 0.29) is 24.1 Å². The van der Waals surface area contributed by atoms with Gasteiger partial charge in [0, 0.05) is 6.04 Å². The van der Waals surface area contributed by atoms with E-state index in [1.54, 1.807) is 17.8 Å². The van der Waals surface area contributed by atoms with Crippen molar-refractivity contribution in [2.45, 2.75) is 31.6 Å². The molecule has 0 amide bonds. The van der Waals surface area contributed by atoms with Crippen LogP contribution in [0.4, 0.5) is 19.0 Å². The molecule has 6 rings (SSSR count). The van der Waals surface area contributed by atoms with E-state index in [9.17, 15) is 13.2 Å². The molecule has 12 heteroatoms. The highest BCUT2D eigenvalue weighted by atomic mass is 19.4. The van der Waals surface area contributed by atoms with Crippen LogP contribution >= 0.6 is 0 Å². The number of hydrogen-bond donors (Lipinski definition) is 1. The first kappa shape index (κ1) is 18.8. The fourth-order valence-corrected chi connectivity index (χ4v) is 4.10. The van der Waals surface area contributed by atoms with Crippen LogP contribution in [0.5, 0.6) is 0 Å². The minimum atomic E-state index is -4.40. The Kier molecular flexibility index (Phi) is 3.83. The van der Waals surface area contributed by atoms with E-state index in [4.69, 9.17) is 0 Å². The van der Waals surface area contributed by atoms with Gasteiger partial charge in [0.1, 0.15) is 12.1 Å². The van der Waals surface area contributed by atoms with Crippen molar-refractivity contribution in [2.24, 2.45) is 0 Å². The van der Waals surface area contributed by atoms with Crippen molar-refractivity contribution in [3.63, 3.8) is 0 Å². The van der Waals surface area contributed by atoms with Crippen LogP contribution in [0.3, 0.4) is 0 Å². The van der Waals surface area contributed by atoms with Crippen molar-refractivity contribution in [1.29, 1.82) is 0 Å². The maximum absolute atomic E-state index is 13.5. The molecule has 1 N–H and O–H groups in total. The number of halogens is 3. The smallest absolute Gasteiger partial charge is 0.367 e. The second-order valence-corrected chi connectivity index (χ2v) is 7.77. The lowest BCUT2D eigenvalue weighted by molar-refractivity contribution is -0.173. The molecular weight excluding hydrogens is 423 g/mol. The first-order valence-corrected chi connectivity index (χ1v) is 9.96. The Bertz CT molecular complexity index is 1450. The molecule has 0 fully saturated rings. The van der Waals surface area contributed by atoms with Crippen LogP contribution in [-0.4, -0.2) is 51.4 Å². The van der Waals surface area contributed by atoms with Gasteiger partial charge in [0.05, 0.1) is 29.0 Å². The van der Waals surface area contributed by atoms with Gasteiger partial charge in [-0.3, -0.25) is 0 Å². The largest absolute Gasteiger partial charge is 0.410 e. The Balaban J connectivity index is 1.49. The van der Waals surface area contributed by atoms with E-state index < -0.39 is 12.2 Å². The van der Waals surface area contributed by atoms with Crippen LogP contribution < -0.4 is 5.32 Å². The number of benzene rings is 1. The predicted molar refractivity (Wildman–Crippen MR) is 109 cm³/mol. The Hall–Kier alpha value is -3.96. The Morgan fingerprint density at radius 3 is 2.66 bits per heavy atom. The molecule has 4 aromatic heterocycles. The fraction of sp³-hybridized carbons (Fsp3) is 0.250. The van der Waals surface area contributed by atoms with Crippen LogP contribution in [0.2, 0.25) is 0 Å². The number of nitrogens with zero attached hydrogens (tertiary/aromatic N) is 8. The lowest BCUT2D eigenvalue weighted by Crippen LogP contribution is -2.38. The summed E-state index contributed by atoms with van der Waals surface area (Å²) in [5, 5.41) is 16.6. The number of nitrogens with one attached hydrogen (secondary N) is 1. The van der Waals surface area contributed by atoms with Crippen molar-refractivity contribution in [1.82, 2.24) is 39.1 Å². The number of anilines is 1. The topological polar surface area (TPSA) is 90.8 Å². The maximum Gasteiger partial charge on any atom is 0.410 e. The number of fused-ring (bicyclic) bond motifs is 4. The first-order chi connectivity index (χ1) is 15.4. The molecule has 0 aliphatic carbocycles. The third-order valence-corrected chi connectivity index (χ3v) is 5.58. The van der Waals surface area contributed by atoms with Gasteiger partial charge in [0.2, 0.25) is 0 Å².